The van der Waals surface area contributed by atoms with E-state index >= 15 is 0 Å². The summed E-state index contributed by atoms with van der Waals surface area (Å²) >= 11 is 0. The average Bonchev–Trinajstić information content (AvgIpc) is 2.57. The van der Waals surface area contributed by atoms with Gasteiger partial charge in [0.2, 0.25) is 5.91 Å². The van der Waals surface area contributed by atoms with Crippen LogP contribution in [0.5, 0.6) is 5.75 Å². The molecular formula is C8H8AgN4O2. The Bertz CT molecular complexity index is 496. The van der Waals surface area contributed by atoms with Crippen molar-refractivity contribution in [2.24, 2.45) is 0 Å². The van der Waals surface area contributed by atoms with Crippen molar-refractivity contribution in [3.63, 3.8) is 0 Å². The first-order valence-corrected chi connectivity index (χ1v) is 3.99. The third-order valence-corrected chi connectivity index (χ3v) is 1.78. The maximum atomic E-state index is 10.8. The predicted molar refractivity (Wildman–Crippen MR) is 49.9 cm³/mol. The number of aromatic hydroxyl groups is 1. The van der Waals surface area contributed by atoms with E-state index < -0.39 is 0 Å². The number of hydrogen-bond donors (Lipinski definition) is 3. The van der Waals surface area contributed by atoms with Crippen molar-refractivity contribution in [2.75, 3.05) is 5.32 Å². The quantitative estimate of drug-likeness (QED) is 0.532. The summed E-state index contributed by atoms with van der Waals surface area (Å²) in [5.74, 6) is -0.324. The minimum Gasteiger partial charge on any atom is -0.504 e. The molecule has 0 aliphatic carbocycles. The van der Waals surface area contributed by atoms with E-state index in [4.69, 9.17) is 0 Å². The molecule has 0 saturated heterocycles. The van der Waals surface area contributed by atoms with Crippen LogP contribution in [-0.4, -0.2) is 26.4 Å². The monoisotopic (exact) mass is 299 g/mol. The van der Waals surface area contributed by atoms with Gasteiger partial charge >= 0.3 is 0 Å². The molecule has 1 aromatic carbocycles. The Hall–Kier alpha value is -1.37. The molecule has 0 spiro atoms. The average molecular weight is 300 g/mol. The van der Waals surface area contributed by atoms with Crippen molar-refractivity contribution in [2.45, 2.75) is 6.92 Å². The van der Waals surface area contributed by atoms with E-state index in [-0.39, 0.29) is 34.0 Å². The number of nitrogens with zero attached hydrogens (tertiary/aromatic N) is 2. The van der Waals surface area contributed by atoms with Crippen molar-refractivity contribution in [3.8, 4) is 5.75 Å². The molecule has 0 aliphatic heterocycles. The van der Waals surface area contributed by atoms with Gasteiger partial charge in [-0.05, 0) is 12.1 Å². The second kappa shape index (κ2) is 4.43. The van der Waals surface area contributed by atoms with E-state index in [0.717, 1.165) is 0 Å². The SMILES string of the molecule is CC(=O)Nc1ccc2[nH]nnc2c1O.[Ag]. The molecule has 6 nitrogen and oxygen atoms in total. The van der Waals surface area contributed by atoms with Crippen molar-refractivity contribution in [1.82, 2.24) is 15.4 Å². The largest absolute Gasteiger partial charge is 0.504 e. The van der Waals surface area contributed by atoms with Crippen LogP contribution in [0.2, 0.25) is 0 Å². The molecule has 0 saturated carbocycles. The standard InChI is InChI=1S/C8H8N4O2.Ag/c1-4(13)9-6-3-2-5-7(8(6)14)11-12-10-5;/h2-3,14H,1H3,(H,9,13)(H,10,11,12);. The number of fused-ring (bicyclic) bond motifs is 1. The van der Waals surface area contributed by atoms with Crippen LogP contribution < -0.4 is 5.32 Å². The van der Waals surface area contributed by atoms with Gasteiger partial charge in [-0.15, -0.1) is 5.10 Å². The van der Waals surface area contributed by atoms with Gasteiger partial charge in [0.15, 0.2) is 11.3 Å². The van der Waals surface area contributed by atoms with E-state index in [0.29, 0.717) is 16.7 Å². The van der Waals surface area contributed by atoms with E-state index in [2.05, 4.69) is 20.7 Å². The zero-order chi connectivity index (χ0) is 10.1. The van der Waals surface area contributed by atoms with Crippen molar-refractivity contribution < 1.29 is 32.3 Å². The molecule has 0 bridgehead atoms. The molecule has 1 heterocycles. The van der Waals surface area contributed by atoms with E-state index in [1.165, 1.54) is 6.92 Å². The molecule has 0 unspecified atom stereocenters. The first-order chi connectivity index (χ1) is 6.68. The first kappa shape index (κ1) is 11.7. The van der Waals surface area contributed by atoms with Crippen LogP contribution in [0.4, 0.5) is 5.69 Å². The second-order valence-corrected chi connectivity index (χ2v) is 2.85. The normalized spacial score (nSPS) is 9.67. The zero-order valence-corrected chi connectivity index (χ0v) is 9.19. The molecule has 83 valence electrons. The summed E-state index contributed by atoms with van der Waals surface area (Å²) in [7, 11) is 0. The van der Waals surface area contributed by atoms with Crippen LogP contribution in [0.15, 0.2) is 12.1 Å². The van der Waals surface area contributed by atoms with Gasteiger partial charge in [0.1, 0.15) is 0 Å². The summed E-state index contributed by atoms with van der Waals surface area (Å²) in [5, 5.41) is 22.0. The van der Waals surface area contributed by atoms with Crippen LogP contribution in [0.25, 0.3) is 11.0 Å². The summed E-state index contributed by atoms with van der Waals surface area (Å²) in [6.45, 7) is 1.37. The van der Waals surface area contributed by atoms with Gasteiger partial charge in [-0.1, -0.05) is 5.21 Å². The summed E-state index contributed by atoms with van der Waals surface area (Å²) in [4.78, 5) is 10.8. The number of amides is 1. The number of rotatable bonds is 1. The second-order valence-electron chi connectivity index (χ2n) is 2.85. The minimum atomic E-state index is -0.247. The smallest absolute Gasteiger partial charge is 0.221 e. The van der Waals surface area contributed by atoms with Crippen LogP contribution in [0, 0.1) is 0 Å². The Morgan fingerprint density at radius 3 is 2.93 bits per heavy atom. The zero-order valence-electron chi connectivity index (χ0n) is 7.71. The number of benzene rings is 1. The molecule has 1 amide bonds. The van der Waals surface area contributed by atoms with Crippen LogP contribution in [-0.2, 0) is 27.2 Å². The fourth-order valence-electron chi connectivity index (χ4n) is 1.19. The maximum Gasteiger partial charge on any atom is 0.221 e. The number of carbonyl (C=O) groups is 1. The van der Waals surface area contributed by atoms with Crippen molar-refractivity contribution >= 4 is 22.6 Å². The summed E-state index contributed by atoms with van der Waals surface area (Å²) in [5.41, 5.74) is 1.30. The minimum absolute atomic E-state index is 0. The Morgan fingerprint density at radius 1 is 1.53 bits per heavy atom. The van der Waals surface area contributed by atoms with Gasteiger partial charge in [-0.25, -0.2) is 0 Å². The molecule has 3 N–H and O–H groups in total. The Balaban J connectivity index is 0.00000112. The van der Waals surface area contributed by atoms with E-state index in [1.54, 1.807) is 12.1 Å². The Labute approximate surface area is 101 Å². The van der Waals surface area contributed by atoms with Gasteiger partial charge < -0.3 is 10.4 Å². The summed E-state index contributed by atoms with van der Waals surface area (Å²) in [6.07, 6.45) is 0. The number of aromatic amines is 1. The third-order valence-electron chi connectivity index (χ3n) is 1.78. The van der Waals surface area contributed by atoms with Crippen molar-refractivity contribution in [1.29, 1.82) is 0 Å². The molecule has 2 rings (SSSR count). The number of H-pyrrole nitrogens is 1. The third kappa shape index (κ3) is 2.17. The number of phenols is 1. The summed E-state index contributed by atoms with van der Waals surface area (Å²) in [6, 6.07) is 3.26. The topological polar surface area (TPSA) is 90.9 Å². The molecule has 1 radical (unpaired) electrons. The van der Waals surface area contributed by atoms with Gasteiger partial charge in [0.25, 0.3) is 0 Å². The molecule has 2 aromatic rings. The van der Waals surface area contributed by atoms with Crippen LogP contribution >= 0.6 is 0 Å². The summed E-state index contributed by atoms with van der Waals surface area (Å²) < 4.78 is 0. The molecular weight excluding hydrogens is 292 g/mol. The number of nitrogens with one attached hydrogen (secondary N) is 2. The molecule has 7 heteroatoms. The van der Waals surface area contributed by atoms with E-state index in [1.807, 2.05) is 0 Å². The van der Waals surface area contributed by atoms with Gasteiger partial charge in [0.05, 0.1) is 11.2 Å². The number of anilines is 1. The molecule has 0 fully saturated rings. The fourth-order valence-corrected chi connectivity index (χ4v) is 1.19. The Kier molecular flexibility index (Phi) is 3.46. The fraction of sp³-hybridized carbons (Fsp3) is 0.125. The van der Waals surface area contributed by atoms with Crippen molar-refractivity contribution in [3.05, 3.63) is 12.1 Å². The molecule has 0 aliphatic rings. The molecule has 0 atom stereocenters. The number of aromatic nitrogens is 3. The van der Waals surface area contributed by atoms with E-state index in [9.17, 15) is 9.90 Å². The van der Waals surface area contributed by atoms with Gasteiger partial charge in [0, 0.05) is 29.3 Å². The molecule has 15 heavy (non-hydrogen) atoms. The Morgan fingerprint density at radius 2 is 2.27 bits per heavy atom. The predicted octanol–water partition coefficient (Wildman–Crippen LogP) is 0.619. The number of carbonyl (C=O) groups excluding carboxylic acids is 1. The number of hydrogen-bond acceptors (Lipinski definition) is 4. The number of phenolic OH excluding ortho intramolecular Hbond substituents is 1. The first-order valence-electron chi connectivity index (χ1n) is 3.99. The van der Waals surface area contributed by atoms with Crippen LogP contribution in [0.1, 0.15) is 6.92 Å². The molecule has 1 aromatic heterocycles. The maximum absolute atomic E-state index is 10.8. The van der Waals surface area contributed by atoms with Gasteiger partial charge in [-0.2, -0.15) is 0 Å². The van der Waals surface area contributed by atoms with Crippen LogP contribution in [0.3, 0.4) is 0 Å². The van der Waals surface area contributed by atoms with Gasteiger partial charge in [-0.3, -0.25) is 9.89 Å².